The van der Waals surface area contributed by atoms with Gasteiger partial charge in [0.1, 0.15) is 24.8 Å². The summed E-state index contributed by atoms with van der Waals surface area (Å²) in [5.74, 6) is 0.492. The zero-order chi connectivity index (χ0) is 21.3. The molecule has 2 aliphatic heterocycles. The topological polar surface area (TPSA) is 77.7 Å². The number of carbonyl (C=O) groups excluding carboxylic acids is 1. The van der Waals surface area contributed by atoms with Crippen LogP contribution in [-0.2, 0) is 11.5 Å². The van der Waals surface area contributed by atoms with E-state index in [0.29, 0.717) is 31.2 Å². The van der Waals surface area contributed by atoms with Crippen molar-refractivity contribution in [1.82, 2.24) is 15.1 Å². The summed E-state index contributed by atoms with van der Waals surface area (Å²) in [6.45, 7) is 11.2. The average Bonchev–Trinajstić information content (AvgIpc) is 2.94. The molecule has 2 aliphatic rings. The summed E-state index contributed by atoms with van der Waals surface area (Å²) in [6, 6.07) is 6.99. The first-order valence-electron chi connectivity index (χ1n) is 10.6. The van der Waals surface area contributed by atoms with Crippen molar-refractivity contribution in [1.29, 1.82) is 0 Å². The van der Waals surface area contributed by atoms with E-state index in [9.17, 15) is 4.79 Å². The SMILES string of the molecule is CC1CC=c2c(-c3ccc4c(c3)OCCNC4=O)nn(COCC[Si](C)(C)C)c2=N1. The molecule has 1 aromatic carbocycles. The van der Waals surface area contributed by atoms with Crippen LogP contribution >= 0.6 is 0 Å². The molecule has 0 saturated heterocycles. The number of ether oxygens (including phenoxy) is 2. The smallest absolute Gasteiger partial charge is 0.255 e. The molecule has 30 heavy (non-hydrogen) atoms. The molecular formula is C22H30N4O3Si. The molecule has 4 rings (SSSR count). The van der Waals surface area contributed by atoms with E-state index < -0.39 is 8.07 Å². The van der Waals surface area contributed by atoms with Crippen LogP contribution in [-0.4, -0.2) is 49.6 Å². The molecule has 160 valence electrons. The van der Waals surface area contributed by atoms with E-state index in [-0.39, 0.29) is 11.9 Å². The van der Waals surface area contributed by atoms with E-state index in [2.05, 4.69) is 38.0 Å². The van der Waals surface area contributed by atoms with Gasteiger partial charge in [-0.2, -0.15) is 5.10 Å². The lowest BCUT2D eigenvalue weighted by Crippen LogP contribution is -2.35. The average molecular weight is 427 g/mol. The Kier molecular flexibility index (Phi) is 5.79. The quantitative estimate of drug-likeness (QED) is 0.567. The van der Waals surface area contributed by atoms with Crippen molar-refractivity contribution in [3.05, 3.63) is 34.5 Å². The molecule has 0 radical (unpaired) electrons. The fraction of sp³-hybridized carbons (Fsp3) is 0.500. The summed E-state index contributed by atoms with van der Waals surface area (Å²) in [6.07, 6.45) is 3.08. The van der Waals surface area contributed by atoms with Crippen molar-refractivity contribution in [2.24, 2.45) is 4.99 Å². The lowest BCUT2D eigenvalue weighted by Gasteiger charge is -2.15. The third-order valence-corrected chi connectivity index (χ3v) is 7.03. The number of carbonyl (C=O) groups is 1. The van der Waals surface area contributed by atoms with Crippen LogP contribution in [0, 0.1) is 0 Å². The highest BCUT2D eigenvalue weighted by Gasteiger charge is 2.20. The minimum atomic E-state index is -1.14. The first-order chi connectivity index (χ1) is 14.3. The predicted octanol–water partition coefficient (Wildman–Crippen LogP) is 2.18. The van der Waals surface area contributed by atoms with Crippen LogP contribution in [0.4, 0.5) is 0 Å². The van der Waals surface area contributed by atoms with Crippen molar-refractivity contribution in [3.63, 3.8) is 0 Å². The summed E-state index contributed by atoms with van der Waals surface area (Å²) < 4.78 is 13.6. The van der Waals surface area contributed by atoms with Crippen molar-refractivity contribution < 1.29 is 14.3 Å². The minimum absolute atomic E-state index is 0.104. The maximum absolute atomic E-state index is 12.2. The second-order valence-corrected chi connectivity index (χ2v) is 14.8. The Hall–Kier alpha value is -2.45. The number of fused-ring (bicyclic) bond motifs is 2. The molecule has 8 heteroatoms. The number of nitrogens with zero attached hydrogens (tertiary/aromatic N) is 3. The van der Waals surface area contributed by atoms with Gasteiger partial charge in [-0.1, -0.05) is 31.8 Å². The van der Waals surface area contributed by atoms with E-state index in [1.165, 1.54) is 0 Å². The Bertz CT molecular complexity index is 1070. The molecule has 3 heterocycles. The lowest BCUT2D eigenvalue weighted by molar-refractivity contribution is 0.0755. The monoisotopic (exact) mass is 426 g/mol. The van der Waals surface area contributed by atoms with E-state index in [4.69, 9.17) is 19.6 Å². The molecule has 1 N–H and O–H groups in total. The minimum Gasteiger partial charge on any atom is -0.491 e. The standard InChI is InChI=1S/C22H30N4O3Si/c1-15-5-7-18-20(16-6-8-17-19(13-16)29-10-9-23-22(17)27)25-26(21(18)24-15)14-28-11-12-30(2,3)4/h6-8,13,15H,5,9-12,14H2,1-4H3,(H,23,27). The highest BCUT2D eigenvalue weighted by Crippen LogP contribution is 2.26. The van der Waals surface area contributed by atoms with Crippen molar-refractivity contribution >= 4 is 20.1 Å². The van der Waals surface area contributed by atoms with Crippen LogP contribution in [0.5, 0.6) is 5.75 Å². The fourth-order valence-corrected chi connectivity index (χ4v) is 4.33. The molecule has 7 nitrogen and oxygen atoms in total. The van der Waals surface area contributed by atoms with Gasteiger partial charge in [0.2, 0.25) is 0 Å². The van der Waals surface area contributed by atoms with E-state index in [0.717, 1.165) is 41.0 Å². The number of nitrogens with one attached hydrogen (secondary N) is 1. The van der Waals surface area contributed by atoms with Gasteiger partial charge < -0.3 is 14.8 Å². The molecule has 2 aromatic rings. The number of aromatic nitrogens is 2. The lowest BCUT2D eigenvalue weighted by atomic mass is 10.0. The molecule has 0 aliphatic carbocycles. The highest BCUT2D eigenvalue weighted by molar-refractivity contribution is 6.76. The fourth-order valence-electron chi connectivity index (χ4n) is 3.57. The van der Waals surface area contributed by atoms with E-state index >= 15 is 0 Å². The van der Waals surface area contributed by atoms with Crippen molar-refractivity contribution in [2.45, 2.75) is 51.8 Å². The van der Waals surface area contributed by atoms with Gasteiger partial charge >= 0.3 is 0 Å². The van der Waals surface area contributed by atoms with Crippen LogP contribution in [0.15, 0.2) is 23.2 Å². The van der Waals surface area contributed by atoms with Crippen LogP contribution in [0.3, 0.4) is 0 Å². The summed E-state index contributed by atoms with van der Waals surface area (Å²) in [5, 5.41) is 8.71. The van der Waals surface area contributed by atoms with Gasteiger partial charge in [0.05, 0.1) is 18.2 Å². The number of hydrogen-bond donors (Lipinski definition) is 1. The number of amides is 1. The predicted molar refractivity (Wildman–Crippen MR) is 119 cm³/mol. The van der Waals surface area contributed by atoms with Gasteiger partial charge in [0, 0.05) is 25.5 Å². The molecule has 0 bridgehead atoms. The second-order valence-electron chi connectivity index (χ2n) is 9.17. The summed E-state index contributed by atoms with van der Waals surface area (Å²) in [4.78, 5) is 17.0. The van der Waals surface area contributed by atoms with Gasteiger partial charge in [-0.25, -0.2) is 4.68 Å². The zero-order valence-electron chi connectivity index (χ0n) is 18.2. The first-order valence-corrected chi connectivity index (χ1v) is 14.3. The second kappa shape index (κ2) is 8.35. The van der Waals surface area contributed by atoms with Crippen LogP contribution < -0.4 is 20.8 Å². The Morgan fingerprint density at radius 2 is 2.17 bits per heavy atom. The largest absolute Gasteiger partial charge is 0.491 e. The highest BCUT2D eigenvalue weighted by atomic mass is 28.3. The van der Waals surface area contributed by atoms with Crippen molar-refractivity contribution in [2.75, 3.05) is 19.8 Å². The van der Waals surface area contributed by atoms with Gasteiger partial charge in [0.15, 0.2) is 5.49 Å². The van der Waals surface area contributed by atoms with Gasteiger partial charge in [-0.15, -0.1) is 0 Å². The summed E-state index contributed by atoms with van der Waals surface area (Å²) >= 11 is 0. The molecule has 1 aromatic heterocycles. The molecule has 1 atom stereocenters. The van der Waals surface area contributed by atoms with E-state index in [1.54, 1.807) is 0 Å². The van der Waals surface area contributed by atoms with E-state index in [1.807, 2.05) is 22.9 Å². The Balaban J connectivity index is 1.67. The first kappa shape index (κ1) is 20.8. The van der Waals surface area contributed by atoms with Gasteiger partial charge in [-0.05, 0) is 31.5 Å². The number of hydrogen-bond acceptors (Lipinski definition) is 5. The summed E-state index contributed by atoms with van der Waals surface area (Å²) in [5.41, 5.74) is 3.19. The Labute approximate surface area is 177 Å². The molecule has 1 amide bonds. The van der Waals surface area contributed by atoms with Crippen LogP contribution in [0.2, 0.25) is 25.7 Å². The normalized spacial score (nSPS) is 18.3. The number of benzene rings is 1. The summed E-state index contributed by atoms with van der Waals surface area (Å²) in [7, 11) is -1.14. The Morgan fingerprint density at radius 3 is 2.97 bits per heavy atom. The van der Waals surface area contributed by atoms with Crippen LogP contribution in [0.1, 0.15) is 23.7 Å². The third-order valence-electron chi connectivity index (χ3n) is 5.32. The zero-order valence-corrected chi connectivity index (χ0v) is 19.2. The molecule has 1 unspecified atom stereocenters. The maximum atomic E-state index is 12.2. The third kappa shape index (κ3) is 4.49. The molecule has 0 fully saturated rings. The van der Waals surface area contributed by atoms with Crippen molar-refractivity contribution in [3.8, 4) is 17.0 Å². The Morgan fingerprint density at radius 1 is 1.33 bits per heavy atom. The number of rotatable bonds is 6. The molecule has 0 saturated carbocycles. The maximum Gasteiger partial charge on any atom is 0.255 e. The van der Waals surface area contributed by atoms with Gasteiger partial charge in [-0.3, -0.25) is 9.79 Å². The molecule has 0 spiro atoms. The van der Waals surface area contributed by atoms with Crippen LogP contribution in [0.25, 0.3) is 17.3 Å². The molecular weight excluding hydrogens is 396 g/mol. The van der Waals surface area contributed by atoms with Gasteiger partial charge in [0.25, 0.3) is 5.91 Å².